The fourth-order valence-corrected chi connectivity index (χ4v) is 0.874. The highest BCUT2D eigenvalue weighted by molar-refractivity contribution is 5.90. The van der Waals surface area contributed by atoms with Crippen molar-refractivity contribution in [1.29, 1.82) is 0 Å². The fraction of sp³-hybridized carbons (Fsp3) is 0.125. The summed E-state index contributed by atoms with van der Waals surface area (Å²) < 4.78 is 29.8. The summed E-state index contributed by atoms with van der Waals surface area (Å²) in [4.78, 5) is 20.9. The van der Waals surface area contributed by atoms with E-state index in [0.29, 0.717) is 12.1 Å². The normalized spacial score (nSPS) is 9.64. The molecular weight excluding hydrogens is 196 g/mol. The molecule has 0 saturated heterocycles. The standard InChI is InChI=1S/C8H5F2NO3/c1-14-8(12)4-2-7(11-13)6(10)3-5(4)9/h2-3H,1H3. The van der Waals surface area contributed by atoms with Gasteiger partial charge in [-0.2, -0.15) is 0 Å². The molecule has 0 aliphatic heterocycles. The summed E-state index contributed by atoms with van der Waals surface area (Å²) in [5, 5.41) is 2.29. The summed E-state index contributed by atoms with van der Waals surface area (Å²) in [7, 11) is 1.04. The Morgan fingerprint density at radius 2 is 2.00 bits per heavy atom. The molecule has 0 heterocycles. The van der Waals surface area contributed by atoms with Crippen molar-refractivity contribution in [3.05, 3.63) is 34.2 Å². The van der Waals surface area contributed by atoms with Crippen LogP contribution in [-0.4, -0.2) is 13.1 Å². The lowest BCUT2D eigenvalue weighted by molar-refractivity contribution is 0.0595. The first kappa shape index (κ1) is 10.2. The van der Waals surface area contributed by atoms with Crippen LogP contribution in [0.15, 0.2) is 17.3 Å². The maximum atomic E-state index is 12.9. The third-order valence-electron chi connectivity index (χ3n) is 1.54. The molecule has 14 heavy (non-hydrogen) atoms. The van der Waals surface area contributed by atoms with Crippen molar-refractivity contribution in [3.8, 4) is 0 Å². The monoisotopic (exact) mass is 201 g/mol. The second-order valence-corrected chi connectivity index (χ2v) is 2.37. The van der Waals surface area contributed by atoms with Crippen LogP contribution in [0.5, 0.6) is 0 Å². The van der Waals surface area contributed by atoms with Crippen LogP contribution in [-0.2, 0) is 4.74 Å². The smallest absolute Gasteiger partial charge is 0.340 e. The second-order valence-electron chi connectivity index (χ2n) is 2.37. The molecule has 0 unspecified atom stereocenters. The molecule has 0 amide bonds. The van der Waals surface area contributed by atoms with Crippen LogP contribution in [0.2, 0.25) is 0 Å². The first-order valence-corrected chi connectivity index (χ1v) is 3.51. The van der Waals surface area contributed by atoms with Crippen molar-refractivity contribution in [2.24, 2.45) is 5.18 Å². The number of methoxy groups -OCH3 is 1. The Hall–Kier alpha value is -1.85. The Labute approximate surface area is 77.5 Å². The Morgan fingerprint density at radius 1 is 1.36 bits per heavy atom. The molecular formula is C8H5F2NO3. The van der Waals surface area contributed by atoms with Gasteiger partial charge in [0, 0.05) is 6.07 Å². The van der Waals surface area contributed by atoms with E-state index < -0.39 is 28.9 Å². The van der Waals surface area contributed by atoms with Crippen LogP contribution in [0.4, 0.5) is 14.5 Å². The molecule has 0 aliphatic rings. The molecule has 0 atom stereocenters. The largest absolute Gasteiger partial charge is 0.465 e. The zero-order valence-electron chi connectivity index (χ0n) is 7.08. The molecule has 4 nitrogen and oxygen atoms in total. The predicted molar refractivity (Wildman–Crippen MR) is 43.2 cm³/mol. The molecule has 1 rings (SSSR count). The minimum atomic E-state index is -1.12. The number of benzene rings is 1. The van der Waals surface area contributed by atoms with E-state index in [1.165, 1.54) is 0 Å². The van der Waals surface area contributed by atoms with Gasteiger partial charge in [-0.1, -0.05) is 0 Å². The van der Waals surface area contributed by atoms with Crippen molar-refractivity contribution in [2.45, 2.75) is 0 Å². The van der Waals surface area contributed by atoms with Gasteiger partial charge in [0.25, 0.3) is 0 Å². The van der Waals surface area contributed by atoms with Crippen LogP contribution in [0.1, 0.15) is 10.4 Å². The van der Waals surface area contributed by atoms with Gasteiger partial charge in [-0.3, -0.25) is 0 Å². The number of esters is 1. The highest BCUT2D eigenvalue weighted by atomic mass is 19.1. The van der Waals surface area contributed by atoms with E-state index in [9.17, 15) is 18.5 Å². The molecule has 74 valence electrons. The summed E-state index contributed by atoms with van der Waals surface area (Å²) in [5.74, 6) is -3.21. The van der Waals surface area contributed by atoms with E-state index in [2.05, 4.69) is 9.91 Å². The zero-order chi connectivity index (χ0) is 10.7. The SMILES string of the molecule is COC(=O)c1cc(N=O)c(F)cc1F. The Kier molecular flexibility index (Phi) is 2.85. The minimum absolute atomic E-state index is 0.406. The average Bonchev–Trinajstić information content (AvgIpc) is 2.17. The third kappa shape index (κ3) is 1.73. The lowest BCUT2D eigenvalue weighted by Gasteiger charge is -2.01. The summed E-state index contributed by atoms with van der Waals surface area (Å²) >= 11 is 0. The van der Waals surface area contributed by atoms with Crippen molar-refractivity contribution < 1.29 is 18.3 Å². The van der Waals surface area contributed by atoms with Gasteiger partial charge < -0.3 is 4.74 Å². The number of hydrogen-bond donors (Lipinski definition) is 0. The number of rotatable bonds is 2. The quantitative estimate of drug-likeness (QED) is 0.544. The first-order valence-electron chi connectivity index (χ1n) is 3.51. The van der Waals surface area contributed by atoms with Gasteiger partial charge in [0.1, 0.15) is 11.5 Å². The molecule has 1 aromatic rings. The topological polar surface area (TPSA) is 55.7 Å². The molecule has 0 aliphatic carbocycles. The number of halogens is 2. The summed E-state index contributed by atoms with van der Waals surface area (Å²) in [6.45, 7) is 0. The van der Waals surface area contributed by atoms with Crippen molar-refractivity contribution >= 4 is 11.7 Å². The summed E-state index contributed by atoms with van der Waals surface area (Å²) in [6.07, 6.45) is 0. The number of hydrogen-bond acceptors (Lipinski definition) is 4. The number of carbonyl (C=O) groups is 1. The molecule has 6 heteroatoms. The maximum Gasteiger partial charge on any atom is 0.340 e. The molecule has 0 aromatic heterocycles. The zero-order valence-corrected chi connectivity index (χ0v) is 7.08. The van der Waals surface area contributed by atoms with Crippen molar-refractivity contribution in [1.82, 2.24) is 0 Å². The van der Waals surface area contributed by atoms with E-state index in [1.807, 2.05) is 0 Å². The van der Waals surface area contributed by atoms with Crippen LogP contribution < -0.4 is 0 Å². The van der Waals surface area contributed by atoms with E-state index in [0.717, 1.165) is 7.11 Å². The van der Waals surface area contributed by atoms with Crippen LogP contribution >= 0.6 is 0 Å². The molecule has 0 fully saturated rings. The number of carbonyl (C=O) groups excluding carboxylic acids is 1. The Balaban J connectivity index is 3.30. The van der Waals surface area contributed by atoms with Gasteiger partial charge >= 0.3 is 5.97 Å². The Morgan fingerprint density at radius 3 is 2.50 bits per heavy atom. The minimum Gasteiger partial charge on any atom is -0.465 e. The number of nitroso groups, excluding NO2 is 1. The molecule has 1 aromatic carbocycles. The lowest BCUT2D eigenvalue weighted by atomic mass is 10.2. The highest BCUT2D eigenvalue weighted by Crippen LogP contribution is 2.22. The fourth-order valence-electron chi connectivity index (χ4n) is 0.874. The molecule has 0 N–H and O–H groups in total. The van der Waals surface area contributed by atoms with Gasteiger partial charge in [0.05, 0.1) is 12.7 Å². The number of nitrogens with zero attached hydrogens (tertiary/aromatic N) is 1. The van der Waals surface area contributed by atoms with Gasteiger partial charge in [0.15, 0.2) is 5.82 Å². The molecule has 0 spiro atoms. The van der Waals surface area contributed by atoms with Crippen LogP contribution in [0.25, 0.3) is 0 Å². The predicted octanol–water partition coefficient (Wildman–Crippen LogP) is 2.15. The summed E-state index contributed by atoms with van der Waals surface area (Å²) in [6, 6.07) is 1.10. The third-order valence-corrected chi connectivity index (χ3v) is 1.54. The van der Waals surface area contributed by atoms with Gasteiger partial charge in [-0.15, -0.1) is 4.91 Å². The van der Waals surface area contributed by atoms with Crippen LogP contribution in [0.3, 0.4) is 0 Å². The van der Waals surface area contributed by atoms with E-state index in [-0.39, 0.29) is 0 Å². The summed E-state index contributed by atoms with van der Waals surface area (Å²) in [5.41, 5.74) is -1.16. The molecule has 0 saturated carbocycles. The Bertz CT molecular complexity index is 392. The van der Waals surface area contributed by atoms with E-state index in [1.54, 1.807) is 0 Å². The molecule has 0 bridgehead atoms. The average molecular weight is 201 g/mol. The van der Waals surface area contributed by atoms with Crippen LogP contribution in [0, 0.1) is 16.5 Å². The first-order chi connectivity index (χ1) is 6.60. The van der Waals surface area contributed by atoms with E-state index >= 15 is 0 Å². The second kappa shape index (κ2) is 3.91. The lowest BCUT2D eigenvalue weighted by Crippen LogP contribution is -2.04. The molecule has 0 radical (unpaired) electrons. The van der Waals surface area contributed by atoms with Crippen molar-refractivity contribution in [3.63, 3.8) is 0 Å². The van der Waals surface area contributed by atoms with Crippen molar-refractivity contribution in [2.75, 3.05) is 7.11 Å². The van der Waals surface area contributed by atoms with Gasteiger partial charge in [-0.05, 0) is 11.2 Å². The number of ether oxygens (including phenoxy) is 1. The van der Waals surface area contributed by atoms with E-state index in [4.69, 9.17) is 0 Å². The maximum absolute atomic E-state index is 12.9. The highest BCUT2D eigenvalue weighted by Gasteiger charge is 2.16. The van der Waals surface area contributed by atoms with Gasteiger partial charge in [-0.25, -0.2) is 13.6 Å². The van der Waals surface area contributed by atoms with Gasteiger partial charge in [0.2, 0.25) is 0 Å².